The molecule has 1 N–H and O–H groups in total. The van der Waals surface area contributed by atoms with Gasteiger partial charge in [-0.15, -0.1) is 0 Å². The van der Waals surface area contributed by atoms with Crippen LogP contribution in [0.4, 0.5) is 14.5 Å². The number of amidine groups is 1. The van der Waals surface area contributed by atoms with E-state index in [4.69, 9.17) is 11.6 Å². The van der Waals surface area contributed by atoms with Crippen LogP contribution in [0.2, 0.25) is 5.02 Å². The number of amides is 1. The largest absolute Gasteiger partial charge is 0.388 e. The van der Waals surface area contributed by atoms with E-state index >= 15 is 4.39 Å². The Bertz CT molecular complexity index is 1380. The molecule has 3 aromatic rings. The van der Waals surface area contributed by atoms with Crippen molar-refractivity contribution in [1.82, 2.24) is 9.47 Å². The van der Waals surface area contributed by atoms with E-state index in [1.54, 1.807) is 13.1 Å². The van der Waals surface area contributed by atoms with Crippen LogP contribution >= 0.6 is 11.6 Å². The molecule has 0 saturated heterocycles. The quantitative estimate of drug-likeness (QED) is 0.227. The third-order valence-corrected chi connectivity index (χ3v) is 6.77. The number of nitrogens with zero attached hydrogens (tertiary/aromatic N) is 4. The Labute approximate surface area is 205 Å². The fourth-order valence-electron chi connectivity index (χ4n) is 4.14. The number of benzene rings is 2. The van der Waals surface area contributed by atoms with Gasteiger partial charge < -0.3 is 5.11 Å². The molecule has 0 bridgehead atoms. The van der Waals surface area contributed by atoms with Gasteiger partial charge in [0.05, 0.1) is 16.1 Å². The molecule has 10 heteroatoms. The number of aliphatic hydroxyl groups excluding tert-OH is 1. The molecule has 1 aliphatic carbocycles. The molecule has 2 aromatic carbocycles. The number of pyridine rings is 1. The third-order valence-electron chi connectivity index (χ3n) is 6.47. The monoisotopic (exact) mass is 502 g/mol. The number of carbonyl (C=O) groups is 1. The minimum atomic E-state index is -0.739. The van der Waals surface area contributed by atoms with Gasteiger partial charge in [0.1, 0.15) is 23.9 Å². The number of aliphatic hydroxyl groups is 1. The van der Waals surface area contributed by atoms with E-state index in [9.17, 15) is 19.1 Å². The number of aromatic nitrogens is 1. The van der Waals surface area contributed by atoms with Crippen LogP contribution in [0.1, 0.15) is 32.3 Å². The van der Waals surface area contributed by atoms with Gasteiger partial charge in [-0.2, -0.15) is 5.10 Å². The summed E-state index contributed by atoms with van der Waals surface area (Å²) in [5, 5.41) is 15.7. The Morgan fingerprint density at radius 1 is 1.26 bits per heavy atom. The molecule has 1 fully saturated rings. The maximum absolute atomic E-state index is 15.3. The number of halogens is 3. The van der Waals surface area contributed by atoms with Crippen molar-refractivity contribution in [2.24, 2.45) is 5.10 Å². The lowest BCUT2D eigenvalue weighted by Gasteiger charge is -2.22. The summed E-state index contributed by atoms with van der Waals surface area (Å²) in [5.41, 5.74) is -0.146. The minimum Gasteiger partial charge on any atom is -0.388 e. The van der Waals surface area contributed by atoms with E-state index in [0.717, 1.165) is 29.0 Å². The Morgan fingerprint density at radius 2 is 1.97 bits per heavy atom. The number of hydrogen-bond acceptors (Lipinski definition) is 5. The standard InChI is InChI=1S/C25H25ClF2N4O3/c1-4-31(14-34)22(13-33)29-30(3)21-11-15-16(10-20(21)28)24(35)32(12-17(15)25(2)8-9-25)23-18(26)6-5-7-19(23)27/h5-7,10-12,14,33H,4,8-9,13H2,1-3H3/b29-22-. The van der Waals surface area contributed by atoms with Crippen molar-refractivity contribution in [2.75, 3.05) is 25.2 Å². The average molecular weight is 503 g/mol. The number of rotatable bonds is 7. The fraction of sp³-hybridized carbons (Fsp3) is 0.320. The lowest BCUT2D eigenvalue weighted by molar-refractivity contribution is -0.114. The molecule has 1 amide bonds. The van der Waals surface area contributed by atoms with Gasteiger partial charge in [-0.05, 0) is 60.4 Å². The van der Waals surface area contributed by atoms with E-state index < -0.39 is 23.8 Å². The van der Waals surface area contributed by atoms with Crippen molar-refractivity contribution in [3.05, 3.63) is 69.1 Å². The predicted octanol–water partition coefficient (Wildman–Crippen LogP) is 4.19. The van der Waals surface area contributed by atoms with E-state index in [0.29, 0.717) is 11.8 Å². The summed E-state index contributed by atoms with van der Waals surface area (Å²) in [5.74, 6) is -1.36. The molecule has 0 unspecified atom stereocenters. The van der Waals surface area contributed by atoms with Gasteiger partial charge in [0.25, 0.3) is 5.56 Å². The van der Waals surface area contributed by atoms with Crippen LogP contribution in [0.25, 0.3) is 16.5 Å². The molecule has 4 rings (SSSR count). The zero-order chi connectivity index (χ0) is 25.5. The van der Waals surface area contributed by atoms with Crippen molar-refractivity contribution in [3.8, 4) is 5.69 Å². The second kappa shape index (κ2) is 9.39. The molecule has 0 radical (unpaired) electrons. The molecule has 184 valence electrons. The second-order valence-electron chi connectivity index (χ2n) is 8.79. The highest BCUT2D eigenvalue weighted by molar-refractivity contribution is 6.32. The molecule has 1 aromatic heterocycles. The van der Waals surface area contributed by atoms with Crippen LogP contribution in [0, 0.1) is 11.6 Å². The van der Waals surface area contributed by atoms with Crippen molar-refractivity contribution >= 4 is 40.3 Å². The van der Waals surface area contributed by atoms with Crippen LogP contribution in [0.3, 0.4) is 0 Å². The van der Waals surface area contributed by atoms with Crippen LogP contribution < -0.4 is 10.6 Å². The highest BCUT2D eigenvalue weighted by atomic mass is 35.5. The summed E-state index contributed by atoms with van der Waals surface area (Å²) < 4.78 is 31.1. The Morgan fingerprint density at radius 3 is 2.54 bits per heavy atom. The van der Waals surface area contributed by atoms with Gasteiger partial charge in [0.2, 0.25) is 6.41 Å². The van der Waals surface area contributed by atoms with Gasteiger partial charge in [-0.1, -0.05) is 24.6 Å². The molecule has 0 aliphatic heterocycles. The molecular formula is C25H25ClF2N4O3. The molecule has 0 atom stereocenters. The zero-order valence-electron chi connectivity index (χ0n) is 19.6. The summed E-state index contributed by atoms with van der Waals surface area (Å²) in [4.78, 5) is 25.9. The van der Waals surface area contributed by atoms with Gasteiger partial charge in [0.15, 0.2) is 5.84 Å². The first kappa shape index (κ1) is 24.8. The number of hydrazone groups is 1. The van der Waals surface area contributed by atoms with Crippen LogP contribution in [-0.2, 0) is 10.2 Å². The summed E-state index contributed by atoms with van der Waals surface area (Å²) in [6.45, 7) is 3.49. The van der Waals surface area contributed by atoms with Gasteiger partial charge in [-0.3, -0.25) is 24.1 Å². The maximum atomic E-state index is 15.3. The zero-order valence-corrected chi connectivity index (χ0v) is 20.3. The SMILES string of the molecule is CCN(C=O)/C(CO)=N\N(C)c1cc2c(C3(C)CC3)cn(-c3c(F)cccc3Cl)c(=O)c2cc1F. The fourth-order valence-corrected chi connectivity index (χ4v) is 4.40. The van der Waals surface area contributed by atoms with Crippen molar-refractivity contribution in [2.45, 2.75) is 32.1 Å². The van der Waals surface area contributed by atoms with E-state index in [1.165, 1.54) is 41.2 Å². The number of para-hydroxylation sites is 1. The number of likely N-dealkylation sites (N-methyl/N-ethyl adjacent to an activating group) is 1. The number of hydrogen-bond donors (Lipinski definition) is 1. The molecule has 35 heavy (non-hydrogen) atoms. The molecular weight excluding hydrogens is 478 g/mol. The summed E-state index contributed by atoms with van der Waals surface area (Å²) >= 11 is 6.23. The first-order valence-electron chi connectivity index (χ1n) is 11.1. The van der Waals surface area contributed by atoms with Crippen molar-refractivity contribution < 1.29 is 18.7 Å². The van der Waals surface area contributed by atoms with Gasteiger partial charge in [-0.25, -0.2) is 8.78 Å². The first-order chi connectivity index (χ1) is 16.6. The Balaban J connectivity index is 1.96. The maximum Gasteiger partial charge on any atom is 0.263 e. The van der Waals surface area contributed by atoms with Crippen LogP contribution in [0.5, 0.6) is 0 Å². The predicted molar refractivity (Wildman–Crippen MR) is 132 cm³/mol. The van der Waals surface area contributed by atoms with E-state index in [1.807, 2.05) is 6.92 Å². The third kappa shape index (κ3) is 4.41. The Hall–Kier alpha value is -3.30. The van der Waals surface area contributed by atoms with Crippen LogP contribution in [-0.4, -0.2) is 47.0 Å². The van der Waals surface area contributed by atoms with E-state index in [-0.39, 0.29) is 39.6 Å². The van der Waals surface area contributed by atoms with E-state index in [2.05, 4.69) is 5.10 Å². The van der Waals surface area contributed by atoms with Crippen LogP contribution in [0.15, 0.2) is 46.4 Å². The smallest absolute Gasteiger partial charge is 0.263 e. The second-order valence-corrected chi connectivity index (χ2v) is 9.19. The average Bonchev–Trinajstić information content (AvgIpc) is 3.58. The molecule has 1 saturated carbocycles. The first-order valence-corrected chi connectivity index (χ1v) is 11.5. The number of fused-ring (bicyclic) bond motifs is 1. The summed E-state index contributed by atoms with van der Waals surface area (Å²) in [7, 11) is 1.48. The summed E-state index contributed by atoms with van der Waals surface area (Å²) in [6, 6.07) is 6.78. The molecule has 1 heterocycles. The minimum absolute atomic E-state index is 0.0449. The lowest BCUT2D eigenvalue weighted by Crippen LogP contribution is -2.34. The topological polar surface area (TPSA) is 78.1 Å². The number of anilines is 1. The van der Waals surface area contributed by atoms with Crippen molar-refractivity contribution in [1.29, 1.82) is 0 Å². The molecule has 0 spiro atoms. The molecule has 7 nitrogen and oxygen atoms in total. The lowest BCUT2D eigenvalue weighted by atomic mass is 9.93. The number of carbonyl (C=O) groups excluding carboxylic acids is 1. The Kier molecular flexibility index (Phi) is 6.66. The summed E-state index contributed by atoms with van der Waals surface area (Å²) in [6.07, 6.45) is 3.82. The van der Waals surface area contributed by atoms with Gasteiger partial charge >= 0.3 is 0 Å². The van der Waals surface area contributed by atoms with Gasteiger partial charge in [0, 0.05) is 19.8 Å². The van der Waals surface area contributed by atoms with Crippen molar-refractivity contribution in [3.63, 3.8) is 0 Å². The molecule has 1 aliphatic rings. The highest BCUT2D eigenvalue weighted by Gasteiger charge is 2.41. The highest BCUT2D eigenvalue weighted by Crippen LogP contribution is 2.50. The normalized spacial score (nSPS) is 14.8.